The maximum absolute atomic E-state index is 12.2. The molecule has 1 aliphatic rings. The van der Waals surface area contributed by atoms with Gasteiger partial charge in [0.2, 0.25) is 0 Å². The molecule has 0 radical (unpaired) electrons. The Morgan fingerprint density at radius 3 is 2.21 bits per heavy atom. The third kappa shape index (κ3) is 2.28. The van der Waals surface area contributed by atoms with E-state index in [-0.39, 0.29) is 11.6 Å². The molecule has 0 amide bonds. The van der Waals surface area contributed by atoms with Crippen LogP contribution >= 0.6 is 0 Å². The summed E-state index contributed by atoms with van der Waals surface area (Å²) in [7, 11) is 0. The van der Waals surface area contributed by atoms with E-state index in [2.05, 4.69) is 0 Å². The summed E-state index contributed by atoms with van der Waals surface area (Å²) in [6.45, 7) is 1.64. The number of carbonyl (C=O) groups is 3. The molecule has 0 saturated heterocycles. The molecular weight excluding hydrogens is 240 g/mol. The van der Waals surface area contributed by atoms with Gasteiger partial charge in [0, 0.05) is 12.8 Å². The molecule has 0 unspecified atom stereocenters. The van der Waals surface area contributed by atoms with E-state index < -0.39 is 5.41 Å². The zero-order valence-corrected chi connectivity index (χ0v) is 10.9. The Labute approximate surface area is 112 Å². The van der Waals surface area contributed by atoms with Crippen LogP contribution in [0.2, 0.25) is 0 Å². The standard InChI is InChI=1S/C16H16O3/c1-16(14(18)8-5-9-15(16)19)13(10-11-17)12-6-3-2-4-7-12/h2-4,6-7,10-11H,5,8-9H2,1H3/b13-10-. The average molecular weight is 256 g/mol. The average Bonchev–Trinajstić information content (AvgIpc) is 2.43. The van der Waals surface area contributed by atoms with Crippen LogP contribution in [0, 0.1) is 5.41 Å². The van der Waals surface area contributed by atoms with Crippen LogP contribution in [0.3, 0.4) is 0 Å². The minimum atomic E-state index is -1.18. The quantitative estimate of drug-likeness (QED) is 0.474. The second-order valence-corrected chi connectivity index (χ2v) is 4.91. The summed E-state index contributed by atoms with van der Waals surface area (Å²) in [4.78, 5) is 35.4. The Balaban J connectivity index is 2.56. The molecule has 0 N–H and O–H groups in total. The van der Waals surface area contributed by atoms with Crippen LogP contribution in [-0.4, -0.2) is 17.9 Å². The van der Waals surface area contributed by atoms with E-state index >= 15 is 0 Å². The van der Waals surface area contributed by atoms with Gasteiger partial charge >= 0.3 is 0 Å². The summed E-state index contributed by atoms with van der Waals surface area (Å²) >= 11 is 0. The largest absolute Gasteiger partial charge is 0.299 e. The molecule has 0 aliphatic heterocycles. The van der Waals surface area contributed by atoms with Crippen LogP contribution < -0.4 is 0 Å². The fourth-order valence-electron chi connectivity index (χ4n) is 2.60. The normalized spacial score (nSPS) is 19.3. The highest BCUT2D eigenvalue weighted by atomic mass is 16.2. The molecule has 1 aromatic rings. The first-order valence-corrected chi connectivity index (χ1v) is 6.38. The van der Waals surface area contributed by atoms with E-state index in [1.54, 1.807) is 6.92 Å². The fourth-order valence-corrected chi connectivity index (χ4v) is 2.60. The van der Waals surface area contributed by atoms with Crippen LogP contribution in [0.4, 0.5) is 0 Å². The van der Waals surface area contributed by atoms with Crippen molar-refractivity contribution >= 4 is 23.4 Å². The summed E-state index contributed by atoms with van der Waals surface area (Å²) in [6, 6.07) is 9.14. The minimum Gasteiger partial charge on any atom is -0.299 e. The van der Waals surface area contributed by atoms with Gasteiger partial charge in [-0.2, -0.15) is 0 Å². The molecule has 3 heteroatoms. The van der Waals surface area contributed by atoms with Crippen LogP contribution in [0.15, 0.2) is 36.4 Å². The highest BCUT2D eigenvalue weighted by Crippen LogP contribution is 2.41. The lowest BCUT2D eigenvalue weighted by molar-refractivity contribution is -0.138. The highest BCUT2D eigenvalue weighted by molar-refractivity contribution is 6.19. The fraction of sp³-hybridized carbons (Fsp3) is 0.312. The minimum absolute atomic E-state index is 0.0966. The van der Waals surface area contributed by atoms with Gasteiger partial charge in [-0.15, -0.1) is 0 Å². The lowest BCUT2D eigenvalue weighted by Gasteiger charge is -2.33. The molecule has 1 aromatic carbocycles. The van der Waals surface area contributed by atoms with Crippen molar-refractivity contribution in [1.29, 1.82) is 0 Å². The SMILES string of the molecule is CC1(/C(=C\C=O)c2ccccc2)C(=O)CCCC1=O. The van der Waals surface area contributed by atoms with Crippen molar-refractivity contribution in [1.82, 2.24) is 0 Å². The van der Waals surface area contributed by atoms with E-state index in [1.165, 1.54) is 6.08 Å². The first-order chi connectivity index (χ1) is 9.10. The van der Waals surface area contributed by atoms with E-state index in [0.717, 1.165) is 5.56 Å². The Morgan fingerprint density at radius 2 is 1.68 bits per heavy atom. The smallest absolute Gasteiger partial charge is 0.150 e. The van der Waals surface area contributed by atoms with Crippen molar-refractivity contribution in [3.05, 3.63) is 42.0 Å². The highest BCUT2D eigenvalue weighted by Gasteiger charge is 2.45. The monoisotopic (exact) mass is 256 g/mol. The Kier molecular flexibility index (Phi) is 3.74. The molecule has 0 spiro atoms. The number of carbonyl (C=O) groups excluding carboxylic acids is 3. The van der Waals surface area contributed by atoms with Crippen molar-refractivity contribution in [2.24, 2.45) is 5.41 Å². The molecule has 1 fully saturated rings. The summed E-state index contributed by atoms with van der Waals surface area (Å²) < 4.78 is 0. The Bertz CT molecular complexity index is 524. The lowest BCUT2D eigenvalue weighted by Crippen LogP contribution is -2.41. The lowest BCUT2D eigenvalue weighted by atomic mass is 9.66. The first-order valence-electron chi connectivity index (χ1n) is 6.38. The summed E-state index contributed by atoms with van der Waals surface area (Å²) in [5, 5.41) is 0. The second kappa shape index (κ2) is 5.31. The maximum atomic E-state index is 12.2. The zero-order chi connectivity index (χ0) is 13.9. The molecule has 98 valence electrons. The van der Waals surface area contributed by atoms with Crippen molar-refractivity contribution in [2.45, 2.75) is 26.2 Å². The number of hydrogen-bond acceptors (Lipinski definition) is 3. The molecule has 0 aromatic heterocycles. The Morgan fingerprint density at radius 1 is 1.11 bits per heavy atom. The van der Waals surface area contributed by atoms with E-state index in [9.17, 15) is 14.4 Å². The molecule has 2 rings (SSSR count). The predicted octanol–water partition coefficient (Wildman–Crippen LogP) is 2.60. The number of allylic oxidation sites excluding steroid dienone is 2. The molecular formula is C16H16O3. The van der Waals surface area contributed by atoms with Crippen molar-refractivity contribution in [3.8, 4) is 0 Å². The number of hydrogen-bond donors (Lipinski definition) is 0. The summed E-state index contributed by atoms with van der Waals surface area (Å²) in [5.74, 6) is -0.193. The number of benzene rings is 1. The van der Waals surface area contributed by atoms with Gasteiger partial charge < -0.3 is 0 Å². The maximum Gasteiger partial charge on any atom is 0.150 e. The van der Waals surface area contributed by atoms with Crippen LogP contribution in [0.5, 0.6) is 0 Å². The molecule has 0 atom stereocenters. The number of aldehydes is 1. The molecule has 3 nitrogen and oxygen atoms in total. The van der Waals surface area contributed by atoms with Gasteiger partial charge in [0.1, 0.15) is 11.7 Å². The second-order valence-electron chi connectivity index (χ2n) is 4.91. The zero-order valence-electron chi connectivity index (χ0n) is 10.9. The van der Waals surface area contributed by atoms with Gasteiger partial charge in [-0.3, -0.25) is 14.4 Å². The van der Waals surface area contributed by atoms with Gasteiger partial charge in [-0.25, -0.2) is 0 Å². The van der Waals surface area contributed by atoms with Gasteiger partial charge in [-0.1, -0.05) is 30.3 Å². The third-order valence-electron chi connectivity index (χ3n) is 3.78. The topological polar surface area (TPSA) is 51.2 Å². The first kappa shape index (κ1) is 13.4. The van der Waals surface area contributed by atoms with E-state index in [4.69, 9.17) is 0 Å². The molecule has 1 saturated carbocycles. The van der Waals surface area contributed by atoms with Crippen LogP contribution in [0.25, 0.3) is 5.57 Å². The van der Waals surface area contributed by atoms with Gasteiger partial charge in [0.25, 0.3) is 0 Å². The van der Waals surface area contributed by atoms with Crippen molar-refractivity contribution in [2.75, 3.05) is 0 Å². The number of Topliss-reactive ketones (excluding diaryl/α,β-unsaturated/α-hetero) is 2. The number of rotatable bonds is 3. The molecule has 0 heterocycles. The van der Waals surface area contributed by atoms with Crippen LogP contribution in [0.1, 0.15) is 31.7 Å². The van der Waals surface area contributed by atoms with Gasteiger partial charge in [-0.05, 0) is 30.6 Å². The van der Waals surface area contributed by atoms with Gasteiger partial charge in [0.05, 0.1) is 0 Å². The molecule has 0 bridgehead atoms. The Hall–Kier alpha value is -2.03. The van der Waals surface area contributed by atoms with Crippen LogP contribution in [-0.2, 0) is 14.4 Å². The van der Waals surface area contributed by atoms with Gasteiger partial charge in [0.15, 0.2) is 11.6 Å². The van der Waals surface area contributed by atoms with Crippen molar-refractivity contribution < 1.29 is 14.4 Å². The summed E-state index contributed by atoms with van der Waals surface area (Å²) in [6.07, 6.45) is 3.38. The van der Waals surface area contributed by atoms with E-state index in [0.29, 0.717) is 31.1 Å². The number of ketones is 2. The molecule has 19 heavy (non-hydrogen) atoms. The van der Waals surface area contributed by atoms with E-state index in [1.807, 2.05) is 30.3 Å². The summed E-state index contributed by atoms with van der Waals surface area (Å²) in [5.41, 5.74) is 0.0825. The predicted molar refractivity (Wildman–Crippen MR) is 72.5 cm³/mol. The third-order valence-corrected chi connectivity index (χ3v) is 3.78. The molecule has 1 aliphatic carbocycles. The van der Waals surface area contributed by atoms with Crippen molar-refractivity contribution in [3.63, 3.8) is 0 Å².